The first-order valence-corrected chi connectivity index (χ1v) is 9.97. The summed E-state index contributed by atoms with van der Waals surface area (Å²) in [5.41, 5.74) is -0.330. The maximum absolute atomic E-state index is 13.5. The fourth-order valence-electron chi connectivity index (χ4n) is 4.22. The summed E-state index contributed by atoms with van der Waals surface area (Å²) in [6, 6.07) is 14.9. The van der Waals surface area contributed by atoms with Crippen LogP contribution in [0.25, 0.3) is 0 Å². The number of carbonyl (C=O) groups is 3. The molecule has 2 aromatic rings. The third-order valence-electron chi connectivity index (χ3n) is 5.36. The van der Waals surface area contributed by atoms with Crippen LogP contribution < -0.4 is 0 Å². The van der Waals surface area contributed by atoms with Gasteiger partial charge in [-0.1, -0.05) is 30.3 Å². The SMILES string of the molecule is CC1(C)SC2N(CC(=O)O)C(=O)C2(c2ccc(O)cc2)N1C(=O)c1ccccc1. The van der Waals surface area contributed by atoms with E-state index >= 15 is 0 Å². The van der Waals surface area contributed by atoms with Gasteiger partial charge in [-0.05, 0) is 43.7 Å². The maximum atomic E-state index is 13.5. The molecule has 2 amide bonds. The molecule has 4 rings (SSSR count). The van der Waals surface area contributed by atoms with Crippen LogP contribution in [0.3, 0.4) is 0 Å². The van der Waals surface area contributed by atoms with Gasteiger partial charge in [-0.3, -0.25) is 14.4 Å². The van der Waals surface area contributed by atoms with Gasteiger partial charge in [-0.25, -0.2) is 0 Å². The number of carboxylic acids is 1. The molecule has 150 valence electrons. The van der Waals surface area contributed by atoms with Gasteiger partial charge in [0.15, 0.2) is 5.54 Å². The number of hydrogen-bond acceptors (Lipinski definition) is 5. The van der Waals surface area contributed by atoms with Crippen molar-refractivity contribution in [2.75, 3.05) is 6.54 Å². The standard InChI is InChI=1S/C21H20N2O5S/c1-20(2)23(17(27)13-6-4-3-5-7-13)21(14-8-10-15(24)11-9-14)18(28)22(12-16(25)26)19(21)29-20/h3-11,19,24H,12H2,1-2H3,(H,25,26). The van der Waals surface area contributed by atoms with E-state index in [1.54, 1.807) is 41.3 Å². The summed E-state index contributed by atoms with van der Waals surface area (Å²) in [6.07, 6.45) is 0. The maximum Gasteiger partial charge on any atom is 0.323 e. The number of aliphatic carboxylic acids is 1. The second kappa shape index (κ2) is 6.52. The minimum absolute atomic E-state index is 0.0433. The van der Waals surface area contributed by atoms with Crippen molar-refractivity contribution >= 4 is 29.5 Å². The van der Waals surface area contributed by atoms with E-state index in [0.717, 1.165) is 0 Å². The molecule has 0 spiro atoms. The van der Waals surface area contributed by atoms with Crippen LogP contribution in [0.5, 0.6) is 5.75 Å². The number of fused-ring (bicyclic) bond motifs is 1. The number of nitrogens with zero attached hydrogens (tertiary/aromatic N) is 2. The van der Waals surface area contributed by atoms with Gasteiger partial charge >= 0.3 is 5.97 Å². The Hall–Kier alpha value is -3.00. The van der Waals surface area contributed by atoms with Gasteiger partial charge in [-0.15, -0.1) is 11.8 Å². The first kappa shape index (κ1) is 19.3. The zero-order chi connectivity index (χ0) is 21.0. The smallest absolute Gasteiger partial charge is 0.323 e. The molecule has 0 bridgehead atoms. The number of phenolic OH excluding ortho intramolecular Hbond substituents is 1. The Balaban J connectivity index is 1.88. The molecule has 7 nitrogen and oxygen atoms in total. The van der Waals surface area contributed by atoms with Crippen LogP contribution in [-0.4, -0.2) is 54.6 Å². The summed E-state index contributed by atoms with van der Waals surface area (Å²) in [5.74, 6) is -1.80. The van der Waals surface area contributed by atoms with E-state index in [0.29, 0.717) is 11.1 Å². The Morgan fingerprint density at radius 1 is 1.07 bits per heavy atom. The highest BCUT2D eigenvalue weighted by Gasteiger charge is 2.74. The minimum Gasteiger partial charge on any atom is -0.508 e. The molecule has 2 aromatic carbocycles. The Morgan fingerprint density at radius 3 is 2.28 bits per heavy atom. The normalized spacial score (nSPS) is 24.8. The summed E-state index contributed by atoms with van der Waals surface area (Å²) < 4.78 is 0. The lowest BCUT2D eigenvalue weighted by Gasteiger charge is -2.54. The molecule has 0 aliphatic carbocycles. The number of thioether (sulfide) groups is 1. The van der Waals surface area contributed by atoms with Crippen LogP contribution >= 0.6 is 11.8 Å². The molecule has 2 heterocycles. The molecule has 0 aromatic heterocycles. The Kier molecular flexibility index (Phi) is 4.34. The zero-order valence-corrected chi connectivity index (χ0v) is 16.7. The summed E-state index contributed by atoms with van der Waals surface area (Å²) in [6.45, 7) is 3.27. The molecule has 2 fully saturated rings. The third kappa shape index (κ3) is 2.70. The molecule has 2 saturated heterocycles. The van der Waals surface area contributed by atoms with Crippen LogP contribution in [0.2, 0.25) is 0 Å². The summed E-state index contributed by atoms with van der Waals surface area (Å²) in [4.78, 5) is 40.4. The van der Waals surface area contributed by atoms with Crippen molar-refractivity contribution in [3.8, 4) is 5.75 Å². The number of aromatic hydroxyl groups is 1. The van der Waals surface area contributed by atoms with E-state index in [-0.39, 0.29) is 11.7 Å². The lowest BCUT2D eigenvalue weighted by molar-refractivity contribution is -0.170. The van der Waals surface area contributed by atoms with Crippen LogP contribution in [0.1, 0.15) is 29.8 Å². The minimum atomic E-state index is -1.33. The second-order valence-electron chi connectivity index (χ2n) is 7.56. The number of β-lactam (4-membered cyclic amide) rings is 1. The number of phenols is 1. The van der Waals surface area contributed by atoms with Crippen LogP contribution in [0.15, 0.2) is 54.6 Å². The van der Waals surface area contributed by atoms with Crippen molar-refractivity contribution in [3.05, 3.63) is 65.7 Å². The van der Waals surface area contributed by atoms with Gasteiger partial charge in [0.25, 0.3) is 11.8 Å². The molecule has 2 N–H and O–H groups in total. The average molecular weight is 412 g/mol. The summed E-state index contributed by atoms with van der Waals surface area (Å²) in [5, 5.41) is 18.4. The fourth-order valence-corrected chi connectivity index (χ4v) is 5.91. The third-order valence-corrected chi connectivity index (χ3v) is 6.93. The van der Waals surface area contributed by atoms with E-state index in [4.69, 9.17) is 0 Å². The topological polar surface area (TPSA) is 98.2 Å². The Bertz CT molecular complexity index is 992. The number of carboxylic acid groups (broad SMARTS) is 1. The average Bonchev–Trinajstić information content (AvgIpc) is 2.91. The molecular weight excluding hydrogens is 392 g/mol. The van der Waals surface area contributed by atoms with E-state index < -0.39 is 34.2 Å². The van der Waals surface area contributed by atoms with Crippen molar-refractivity contribution < 1.29 is 24.6 Å². The zero-order valence-electron chi connectivity index (χ0n) is 15.9. The quantitative estimate of drug-likeness (QED) is 0.749. The molecular formula is C21H20N2O5S. The lowest BCUT2D eigenvalue weighted by Crippen LogP contribution is -2.75. The largest absolute Gasteiger partial charge is 0.508 e. The Morgan fingerprint density at radius 2 is 1.69 bits per heavy atom. The fraction of sp³-hybridized carbons (Fsp3) is 0.286. The van der Waals surface area contributed by atoms with Gasteiger partial charge in [0.2, 0.25) is 0 Å². The predicted molar refractivity (Wildman–Crippen MR) is 107 cm³/mol. The molecule has 2 aliphatic heterocycles. The van der Waals surface area contributed by atoms with E-state index in [9.17, 15) is 24.6 Å². The highest BCUT2D eigenvalue weighted by molar-refractivity contribution is 8.01. The van der Waals surface area contributed by atoms with Gasteiger partial charge in [-0.2, -0.15) is 0 Å². The lowest BCUT2D eigenvalue weighted by atomic mass is 9.78. The van der Waals surface area contributed by atoms with Crippen molar-refractivity contribution in [2.24, 2.45) is 0 Å². The monoisotopic (exact) mass is 412 g/mol. The van der Waals surface area contributed by atoms with E-state index in [2.05, 4.69) is 0 Å². The predicted octanol–water partition coefficient (Wildman–Crippen LogP) is 2.47. The number of rotatable bonds is 4. The number of likely N-dealkylation sites (tertiary alicyclic amines) is 1. The molecule has 2 atom stereocenters. The highest BCUT2D eigenvalue weighted by Crippen LogP contribution is 2.62. The first-order valence-electron chi connectivity index (χ1n) is 9.09. The van der Waals surface area contributed by atoms with Gasteiger partial charge in [0.05, 0.1) is 4.87 Å². The van der Waals surface area contributed by atoms with Crippen molar-refractivity contribution in [1.82, 2.24) is 9.80 Å². The molecule has 29 heavy (non-hydrogen) atoms. The number of amides is 2. The van der Waals surface area contributed by atoms with E-state index in [1.165, 1.54) is 28.8 Å². The van der Waals surface area contributed by atoms with Gasteiger partial charge in [0, 0.05) is 5.56 Å². The number of carbonyl (C=O) groups excluding carboxylic acids is 2. The van der Waals surface area contributed by atoms with Gasteiger partial charge < -0.3 is 20.0 Å². The summed E-state index contributed by atoms with van der Waals surface area (Å²) >= 11 is 1.38. The van der Waals surface area contributed by atoms with Crippen molar-refractivity contribution in [2.45, 2.75) is 29.6 Å². The first-order chi connectivity index (χ1) is 13.7. The highest BCUT2D eigenvalue weighted by atomic mass is 32.2. The van der Waals surface area contributed by atoms with Crippen molar-refractivity contribution in [1.29, 1.82) is 0 Å². The summed E-state index contributed by atoms with van der Waals surface area (Å²) in [7, 11) is 0. The van der Waals surface area contributed by atoms with Crippen LogP contribution in [0.4, 0.5) is 0 Å². The van der Waals surface area contributed by atoms with Crippen molar-refractivity contribution in [3.63, 3.8) is 0 Å². The molecule has 2 aliphatic rings. The second-order valence-corrected chi connectivity index (χ2v) is 9.24. The Labute approximate surface area is 171 Å². The van der Waals surface area contributed by atoms with Crippen LogP contribution in [-0.2, 0) is 15.1 Å². The molecule has 2 unspecified atom stereocenters. The number of benzene rings is 2. The van der Waals surface area contributed by atoms with Crippen LogP contribution in [0, 0.1) is 0 Å². The van der Waals surface area contributed by atoms with Gasteiger partial charge in [0.1, 0.15) is 17.7 Å². The number of hydrogen-bond donors (Lipinski definition) is 2. The van der Waals surface area contributed by atoms with E-state index in [1.807, 2.05) is 19.9 Å². The molecule has 0 radical (unpaired) electrons. The molecule has 0 saturated carbocycles. The molecule has 8 heteroatoms.